The average molecular weight is 237 g/mol. The van der Waals surface area contributed by atoms with E-state index >= 15 is 0 Å². The molecular formula is C14H23NS. The largest absolute Gasteiger partial charge is 0.302 e. The second kappa shape index (κ2) is 6.31. The third-order valence-electron chi connectivity index (χ3n) is 3.09. The Labute approximate surface area is 105 Å². The predicted molar refractivity (Wildman–Crippen MR) is 75.5 cm³/mol. The van der Waals surface area contributed by atoms with Gasteiger partial charge < -0.3 is 4.90 Å². The first-order valence-corrected chi connectivity index (χ1v) is 6.54. The number of hydrogen-bond donors (Lipinski definition) is 1. The first-order valence-electron chi connectivity index (χ1n) is 5.90. The molecule has 0 aliphatic heterocycles. The minimum atomic E-state index is 0.968. The molecule has 0 aromatic heterocycles. The van der Waals surface area contributed by atoms with Crippen molar-refractivity contribution in [2.45, 2.75) is 33.7 Å². The topological polar surface area (TPSA) is 3.24 Å². The van der Waals surface area contributed by atoms with Gasteiger partial charge in [0.25, 0.3) is 0 Å². The highest BCUT2D eigenvalue weighted by atomic mass is 32.1. The molecule has 16 heavy (non-hydrogen) atoms. The average Bonchev–Trinajstić information content (AvgIpc) is 2.23. The van der Waals surface area contributed by atoms with Crippen molar-refractivity contribution in [2.24, 2.45) is 0 Å². The van der Waals surface area contributed by atoms with Gasteiger partial charge in [0.2, 0.25) is 0 Å². The van der Waals surface area contributed by atoms with Crippen molar-refractivity contribution in [3.05, 3.63) is 34.4 Å². The molecule has 90 valence electrons. The predicted octanol–water partition coefficient (Wildman–Crippen LogP) is 3.36. The summed E-state index contributed by atoms with van der Waals surface area (Å²) in [4.78, 5) is 2.37. The molecule has 2 heteroatoms. The van der Waals surface area contributed by atoms with Crippen LogP contribution in [0.2, 0.25) is 0 Å². The SMILES string of the molecule is Cc1cc(C)c(CN(C)CCCS)cc1C. The first-order chi connectivity index (χ1) is 7.54. The Morgan fingerprint density at radius 3 is 2.31 bits per heavy atom. The minimum absolute atomic E-state index is 0.968. The van der Waals surface area contributed by atoms with Crippen molar-refractivity contribution in [1.82, 2.24) is 4.90 Å². The Morgan fingerprint density at radius 1 is 1.06 bits per heavy atom. The van der Waals surface area contributed by atoms with Crippen LogP contribution < -0.4 is 0 Å². The van der Waals surface area contributed by atoms with E-state index in [1.54, 1.807) is 0 Å². The molecule has 0 N–H and O–H groups in total. The van der Waals surface area contributed by atoms with Crippen molar-refractivity contribution in [3.63, 3.8) is 0 Å². The van der Waals surface area contributed by atoms with Crippen LogP contribution in [0, 0.1) is 20.8 Å². The molecule has 0 heterocycles. The summed E-state index contributed by atoms with van der Waals surface area (Å²) in [5.74, 6) is 0.968. The molecule has 0 radical (unpaired) electrons. The van der Waals surface area contributed by atoms with Gasteiger partial charge in [-0.15, -0.1) is 0 Å². The van der Waals surface area contributed by atoms with Gasteiger partial charge in [0.15, 0.2) is 0 Å². The van der Waals surface area contributed by atoms with E-state index in [0.29, 0.717) is 0 Å². The summed E-state index contributed by atoms with van der Waals surface area (Å²) in [6, 6.07) is 4.61. The van der Waals surface area contributed by atoms with Crippen LogP contribution >= 0.6 is 12.6 Å². The first kappa shape index (κ1) is 13.6. The van der Waals surface area contributed by atoms with Crippen molar-refractivity contribution >= 4 is 12.6 Å². The van der Waals surface area contributed by atoms with E-state index in [9.17, 15) is 0 Å². The van der Waals surface area contributed by atoms with Crippen LogP contribution in [0.5, 0.6) is 0 Å². The minimum Gasteiger partial charge on any atom is -0.302 e. The Balaban J connectivity index is 2.69. The highest BCUT2D eigenvalue weighted by Crippen LogP contribution is 2.16. The molecule has 0 spiro atoms. The number of hydrogen-bond acceptors (Lipinski definition) is 2. The van der Waals surface area contributed by atoms with Gasteiger partial charge in [0, 0.05) is 6.54 Å². The van der Waals surface area contributed by atoms with Gasteiger partial charge in [0.05, 0.1) is 0 Å². The van der Waals surface area contributed by atoms with Crippen LogP contribution in [-0.2, 0) is 6.54 Å². The van der Waals surface area contributed by atoms with Crippen LogP contribution in [0.25, 0.3) is 0 Å². The molecule has 0 fully saturated rings. The van der Waals surface area contributed by atoms with Gasteiger partial charge in [0.1, 0.15) is 0 Å². The molecule has 0 saturated carbocycles. The van der Waals surface area contributed by atoms with Crippen LogP contribution in [0.3, 0.4) is 0 Å². The highest BCUT2D eigenvalue weighted by molar-refractivity contribution is 7.80. The van der Waals surface area contributed by atoms with Crippen LogP contribution in [0.4, 0.5) is 0 Å². The summed E-state index contributed by atoms with van der Waals surface area (Å²) in [5.41, 5.74) is 5.63. The quantitative estimate of drug-likeness (QED) is 0.769. The van der Waals surface area contributed by atoms with E-state index in [1.807, 2.05) is 0 Å². The summed E-state index contributed by atoms with van der Waals surface area (Å²) in [7, 11) is 2.18. The van der Waals surface area contributed by atoms with Crippen LogP contribution in [-0.4, -0.2) is 24.2 Å². The second-order valence-corrected chi connectivity index (χ2v) is 5.13. The standard InChI is InChI=1S/C14H23NS/c1-11-8-13(3)14(9-12(11)2)10-15(4)6-5-7-16/h8-9,16H,5-7,10H2,1-4H3. The molecule has 1 aromatic rings. The Hall–Kier alpha value is -0.470. The van der Waals surface area contributed by atoms with E-state index in [0.717, 1.165) is 25.3 Å². The lowest BCUT2D eigenvalue weighted by Gasteiger charge is -2.18. The molecule has 0 unspecified atom stereocenters. The van der Waals surface area contributed by atoms with E-state index in [4.69, 9.17) is 0 Å². The monoisotopic (exact) mass is 237 g/mol. The maximum atomic E-state index is 4.24. The number of thiol groups is 1. The Morgan fingerprint density at radius 2 is 1.69 bits per heavy atom. The van der Waals surface area contributed by atoms with Crippen LogP contribution in [0.1, 0.15) is 28.7 Å². The lowest BCUT2D eigenvalue weighted by molar-refractivity contribution is 0.328. The normalized spacial score (nSPS) is 11.1. The molecule has 1 nitrogen and oxygen atoms in total. The summed E-state index contributed by atoms with van der Waals surface area (Å²) >= 11 is 4.24. The third kappa shape index (κ3) is 3.84. The fourth-order valence-corrected chi connectivity index (χ4v) is 2.04. The molecule has 0 atom stereocenters. The Bertz CT molecular complexity index is 347. The van der Waals surface area contributed by atoms with Gasteiger partial charge in [-0.05, 0) is 68.8 Å². The van der Waals surface area contributed by atoms with Crippen molar-refractivity contribution in [1.29, 1.82) is 0 Å². The van der Waals surface area contributed by atoms with E-state index in [1.165, 1.54) is 22.3 Å². The summed E-state index contributed by atoms with van der Waals surface area (Å²) in [6.45, 7) is 8.73. The summed E-state index contributed by atoms with van der Waals surface area (Å²) in [6.07, 6.45) is 1.16. The molecule has 1 rings (SSSR count). The molecule has 0 amide bonds. The van der Waals surface area contributed by atoms with E-state index in [2.05, 4.69) is 57.5 Å². The maximum absolute atomic E-state index is 4.24. The zero-order chi connectivity index (χ0) is 12.1. The highest BCUT2D eigenvalue weighted by Gasteiger charge is 2.05. The molecule has 1 aromatic carbocycles. The maximum Gasteiger partial charge on any atom is 0.0233 e. The third-order valence-corrected chi connectivity index (χ3v) is 3.41. The van der Waals surface area contributed by atoms with Crippen molar-refractivity contribution in [2.75, 3.05) is 19.3 Å². The van der Waals surface area contributed by atoms with E-state index in [-0.39, 0.29) is 0 Å². The van der Waals surface area contributed by atoms with Gasteiger partial charge in [-0.25, -0.2) is 0 Å². The summed E-state index contributed by atoms with van der Waals surface area (Å²) in [5, 5.41) is 0. The summed E-state index contributed by atoms with van der Waals surface area (Å²) < 4.78 is 0. The van der Waals surface area contributed by atoms with Crippen LogP contribution in [0.15, 0.2) is 12.1 Å². The zero-order valence-electron chi connectivity index (χ0n) is 10.9. The van der Waals surface area contributed by atoms with Crippen molar-refractivity contribution < 1.29 is 0 Å². The number of rotatable bonds is 5. The fourth-order valence-electron chi connectivity index (χ4n) is 1.90. The zero-order valence-corrected chi connectivity index (χ0v) is 11.8. The lowest BCUT2D eigenvalue weighted by atomic mass is 10.0. The molecule has 0 bridgehead atoms. The fraction of sp³-hybridized carbons (Fsp3) is 0.571. The van der Waals surface area contributed by atoms with Gasteiger partial charge in [-0.3, -0.25) is 0 Å². The number of aryl methyl sites for hydroxylation is 3. The second-order valence-electron chi connectivity index (χ2n) is 4.68. The van der Waals surface area contributed by atoms with Gasteiger partial charge in [-0.1, -0.05) is 12.1 Å². The van der Waals surface area contributed by atoms with Gasteiger partial charge in [-0.2, -0.15) is 12.6 Å². The number of nitrogens with zero attached hydrogens (tertiary/aromatic N) is 1. The molecule has 0 aliphatic carbocycles. The number of benzene rings is 1. The van der Waals surface area contributed by atoms with Crippen molar-refractivity contribution in [3.8, 4) is 0 Å². The van der Waals surface area contributed by atoms with E-state index < -0.39 is 0 Å². The molecule has 0 saturated heterocycles. The molecule has 0 aliphatic rings. The lowest BCUT2D eigenvalue weighted by Crippen LogP contribution is -2.20. The van der Waals surface area contributed by atoms with Gasteiger partial charge >= 0.3 is 0 Å². The Kier molecular flexibility index (Phi) is 5.36. The smallest absolute Gasteiger partial charge is 0.0233 e. The molecular weight excluding hydrogens is 214 g/mol.